The first-order valence-corrected chi connectivity index (χ1v) is 11.4. The quantitative estimate of drug-likeness (QED) is 0.188. The van der Waals surface area contributed by atoms with E-state index in [1.54, 1.807) is 0 Å². The average molecular weight is 600 g/mol. The fourth-order valence-electron chi connectivity index (χ4n) is 2.57. The highest BCUT2D eigenvalue weighted by atomic mass is 35.5. The summed E-state index contributed by atoms with van der Waals surface area (Å²) in [7, 11) is 0. The highest BCUT2D eigenvalue weighted by molar-refractivity contribution is 6.56. The Balaban J connectivity index is 0.000000211. The molecule has 0 atom stereocenters. The van der Waals surface area contributed by atoms with Crippen molar-refractivity contribution in [1.29, 1.82) is 0 Å². The zero-order valence-corrected chi connectivity index (χ0v) is 21.7. The maximum absolute atomic E-state index is 11.3. The van der Waals surface area contributed by atoms with Gasteiger partial charge in [0.15, 0.2) is 0 Å². The van der Waals surface area contributed by atoms with E-state index < -0.39 is 23.6 Å². The van der Waals surface area contributed by atoms with Gasteiger partial charge in [0.1, 0.15) is 0 Å². The number of rotatable bonds is 0. The van der Waals surface area contributed by atoms with Crippen molar-refractivity contribution in [3.8, 4) is 0 Å². The molecule has 0 fully saturated rings. The van der Waals surface area contributed by atoms with Gasteiger partial charge in [-0.25, -0.2) is 0 Å². The highest BCUT2D eigenvalue weighted by Gasteiger charge is 2.36. The van der Waals surface area contributed by atoms with Crippen LogP contribution in [0.3, 0.4) is 0 Å². The van der Waals surface area contributed by atoms with E-state index in [0.717, 1.165) is 0 Å². The first-order valence-electron chi connectivity index (χ1n) is 8.33. The third-order valence-electron chi connectivity index (χ3n) is 3.90. The number of hydrogen-bond acceptors (Lipinski definition) is 4. The molecule has 32 heavy (non-hydrogen) atoms. The maximum atomic E-state index is 11.3. The molecule has 6 nitrogen and oxygen atoms in total. The average Bonchev–Trinajstić information content (AvgIpc) is 3.23. The predicted octanol–water partition coefficient (Wildman–Crippen LogP) is 7.39. The van der Waals surface area contributed by atoms with E-state index in [4.69, 9.17) is 92.8 Å². The smallest absolute Gasteiger partial charge is 0.260 e. The summed E-state index contributed by atoms with van der Waals surface area (Å²) in [6, 6.07) is 0. The molecular weight excluding hydrogens is 592 g/mol. The molecule has 2 aromatic rings. The summed E-state index contributed by atoms with van der Waals surface area (Å²) in [5.74, 6) is -2.50. The molecule has 2 aliphatic heterocycles. The van der Waals surface area contributed by atoms with Crippen molar-refractivity contribution in [3.05, 3.63) is 62.4 Å². The Kier molecular flexibility index (Phi) is 8.98. The van der Waals surface area contributed by atoms with Crippen LogP contribution >= 0.6 is 92.8 Å². The number of hydrogen-bond donors (Lipinski definition) is 2. The van der Waals surface area contributed by atoms with E-state index in [-0.39, 0.29) is 62.4 Å². The van der Waals surface area contributed by atoms with Gasteiger partial charge in [0.2, 0.25) is 0 Å². The van der Waals surface area contributed by atoms with Crippen molar-refractivity contribution in [2.45, 2.75) is 13.8 Å². The van der Waals surface area contributed by atoms with Gasteiger partial charge < -0.3 is 0 Å². The van der Waals surface area contributed by atoms with Crippen LogP contribution < -0.4 is 10.6 Å². The molecule has 0 bridgehead atoms. The predicted molar refractivity (Wildman–Crippen MR) is 128 cm³/mol. The number of carbonyl (C=O) groups is 4. The van der Waals surface area contributed by atoms with E-state index >= 15 is 0 Å². The largest absolute Gasteiger partial charge is 0.288 e. The van der Waals surface area contributed by atoms with E-state index in [2.05, 4.69) is 10.6 Å². The zero-order valence-electron chi connectivity index (χ0n) is 15.7. The van der Waals surface area contributed by atoms with E-state index in [9.17, 15) is 19.2 Å². The van der Waals surface area contributed by atoms with Gasteiger partial charge in [-0.15, -0.1) is 0 Å². The standard InChI is InChI=1S/2C8HCl4NO2.C2H6/c2*9-3-1-2(8(15)13-7(1)14)4(10)6(12)5(3)11;1-2/h2*(H,13,14,15);1-2H3. The van der Waals surface area contributed by atoms with Crippen molar-refractivity contribution in [2.24, 2.45) is 0 Å². The maximum Gasteiger partial charge on any atom is 0.260 e. The molecule has 4 amide bonds. The van der Waals surface area contributed by atoms with Gasteiger partial charge in [0.05, 0.1) is 62.4 Å². The molecule has 0 radical (unpaired) electrons. The monoisotopic (exact) mass is 596 g/mol. The van der Waals surface area contributed by atoms with Gasteiger partial charge in [-0.3, -0.25) is 29.8 Å². The Morgan fingerprint density at radius 1 is 0.375 bits per heavy atom. The second-order valence-electron chi connectivity index (χ2n) is 5.58. The normalized spacial score (nSPS) is 13.4. The lowest BCUT2D eigenvalue weighted by atomic mass is 10.1. The van der Waals surface area contributed by atoms with Gasteiger partial charge in [-0.2, -0.15) is 0 Å². The Morgan fingerprint density at radius 2 is 0.531 bits per heavy atom. The minimum atomic E-state index is -0.625. The Morgan fingerprint density at radius 3 is 0.688 bits per heavy atom. The Labute approximate surface area is 221 Å². The minimum Gasteiger partial charge on any atom is -0.288 e. The number of nitrogens with one attached hydrogen (secondary N) is 2. The second-order valence-corrected chi connectivity index (χ2v) is 8.60. The first-order chi connectivity index (χ1) is 14.9. The van der Waals surface area contributed by atoms with E-state index in [1.165, 1.54) is 0 Å². The molecular formula is C18H8Cl8N2O4. The third kappa shape index (κ3) is 4.52. The van der Waals surface area contributed by atoms with Crippen molar-refractivity contribution in [2.75, 3.05) is 0 Å². The van der Waals surface area contributed by atoms with Gasteiger partial charge >= 0.3 is 0 Å². The van der Waals surface area contributed by atoms with Crippen LogP contribution in [0, 0.1) is 0 Å². The zero-order chi connectivity index (χ0) is 24.7. The van der Waals surface area contributed by atoms with Crippen molar-refractivity contribution in [1.82, 2.24) is 10.6 Å². The fraction of sp³-hybridized carbons (Fsp3) is 0.111. The lowest BCUT2D eigenvalue weighted by Gasteiger charge is -2.06. The summed E-state index contributed by atoms with van der Waals surface area (Å²) in [6.45, 7) is 4.00. The SMILES string of the molecule is CC.O=C1NC(=O)c2c(Cl)c(Cl)c(Cl)c(Cl)c21.O=C1NC(=O)c2c(Cl)c(Cl)c(Cl)c(Cl)c21. The summed E-state index contributed by atoms with van der Waals surface area (Å²) in [5.41, 5.74) is -0.107. The molecule has 2 aliphatic rings. The number of benzene rings is 2. The third-order valence-corrected chi connectivity index (χ3v) is 7.50. The molecule has 0 saturated carbocycles. The van der Waals surface area contributed by atoms with Crippen LogP contribution in [-0.4, -0.2) is 23.6 Å². The van der Waals surface area contributed by atoms with Gasteiger partial charge in [0.25, 0.3) is 23.6 Å². The number of amides is 4. The van der Waals surface area contributed by atoms with Crippen LogP contribution in [0.1, 0.15) is 55.3 Å². The van der Waals surface area contributed by atoms with Crippen LogP contribution in [0.15, 0.2) is 0 Å². The van der Waals surface area contributed by atoms with Gasteiger partial charge in [0, 0.05) is 0 Å². The van der Waals surface area contributed by atoms with Crippen molar-refractivity contribution >= 4 is 116 Å². The summed E-state index contributed by atoms with van der Waals surface area (Å²) < 4.78 is 0. The lowest BCUT2D eigenvalue weighted by molar-refractivity contribution is 0.0863. The molecule has 2 N–H and O–H groups in total. The molecule has 0 aromatic heterocycles. The molecule has 4 rings (SSSR count). The molecule has 170 valence electrons. The molecule has 2 heterocycles. The molecule has 2 aromatic carbocycles. The molecule has 14 heteroatoms. The molecule has 0 saturated heterocycles. The van der Waals surface area contributed by atoms with Gasteiger partial charge in [-0.05, 0) is 0 Å². The van der Waals surface area contributed by atoms with Crippen molar-refractivity contribution < 1.29 is 19.2 Å². The summed E-state index contributed by atoms with van der Waals surface area (Å²) in [5, 5.41) is 3.71. The van der Waals surface area contributed by atoms with Crippen LogP contribution in [0.4, 0.5) is 0 Å². The molecule has 0 aliphatic carbocycles. The van der Waals surface area contributed by atoms with Crippen LogP contribution in [0.5, 0.6) is 0 Å². The number of imide groups is 2. The number of carbonyl (C=O) groups excluding carboxylic acids is 4. The first kappa shape index (κ1) is 27.3. The molecule has 0 spiro atoms. The van der Waals surface area contributed by atoms with Crippen LogP contribution in [0.25, 0.3) is 0 Å². The van der Waals surface area contributed by atoms with E-state index in [0.29, 0.717) is 0 Å². The van der Waals surface area contributed by atoms with E-state index in [1.807, 2.05) is 13.8 Å². The number of fused-ring (bicyclic) bond motifs is 2. The Bertz CT molecular complexity index is 1030. The summed E-state index contributed by atoms with van der Waals surface area (Å²) in [4.78, 5) is 45.3. The summed E-state index contributed by atoms with van der Waals surface area (Å²) in [6.07, 6.45) is 0. The van der Waals surface area contributed by atoms with Crippen LogP contribution in [-0.2, 0) is 0 Å². The number of halogens is 8. The lowest BCUT2D eigenvalue weighted by Crippen LogP contribution is -2.20. The fourth-order valence-corrected chi connectivity index (χ4v) is 4.62. The topological polar surface area (TPSA) is 92.3 Å². The van der Waals surface area contributed by atoms with Gasteiger partial charge in [-0.1, -0.05) is 107 Å². The van der Waals surface area contributed by atoms with Crippen LogP contribution in [0.2, 0.25) is 40.2 Å². The Hall–Kier alpha value is -0.960. The highest BCUT2D eigenvalue weighted by Crippen LogP contribution is 2.44. The minimum absolute atomic E-state index is 0.0268. The summed E-state index contributed by atoms with van der Waals surface area (Å²) >= 11 is 46.1. The molecule has 0 unspecified atom stereocenters. The van der Waals surface area contributed by atoms with Crippen molar-refractivity contribution in [3.63, 3.8) is 0 Å². The second kappa shape index (κ2) is 10.5.